The highest BCUT2D eigenvalue weighted by Crippen LogP contribution is 2.13. The third kappa shape index (κ3) is 24.7. The van der Waals surface area contributed by atoms with E-state index in [9.17, 15) is 17.6 Å². The van der Waals surface area contributed by atoms with E-state index in [0.29, 0.717) is 13.2 Å². The van der Waals surface area contributed by atoms with Crippen LogP contribution in [0.3, 0.4) is 0 Å². The van der Waals surface area contributed by atoms with Crippen LogP contribution in [0.25, 0.3) is 0 Å². The SMILES string of the molecule is COCCOCC(F)(F)F.COCCOCCF. The first-order valence-corrected chi connectivity index (χ1v) is 5.24. The molecule has 0 aromatic carbocycles. The van der Waals surface area contributed by atoms with Crippen molar-refractivity contribution in [1.82, 2.24) is 0 Å². The van der Waals surface area contributed by atoms with Gasteiger partial charge in [-0.2, -0.15) is 13.2 Å². The summed E-state index contributed by atoms with van der Waals surface area (Å²) in [4.78, 5) is 0. The van der Waals surface area contributed by atoms with Crippen molar-refractivity contribution in [2.75, 3.05) is 60.5 Å². The lowest BCUT2D eigenvalue weighted by Gasteiger charge is -2.05. The van der Waals surface area contributed by atoms with Crippen molar-refractivity contribution in [2.45, 2.75) is 6.18 Å². The monoisotopic (exact) mass is 280 g/mol. The third-order valence-corrected chi connectivity index (χ3v) is 1.35. The molecule has 0 aromatic rings. The number of hydrogen-bond donors (Lipinski definition) is 0. The summed E-state index contributed by atoms with van der Waals surface area (Å²) in [6.45, 7) is -0.226. The summed E-state index contributed by atoms with van der Waals surface area (Å²) in [5, 5.41) is 0. The highest BCUT2D eigenvalue weighted by molar-refractivity contribution is 4.44. The van der Waals surface area contributed by atoms with Gasteiger partial charge in [-0.3, -0.25) is 0 Å². The summed E-state index contributed by atoms with van der Waals surface area (Å²) in [7, 11) is 2.98. The van der Waals surface area contributed by atoms with Crippen molar-refractivity contribution < 1.29 is 36.5 Å². The molecule has 0 atom stereocenters. The summed E-state index contributed by atoms with van der Waals surface area (Å²) in [6.07, 6.45) is -4.23. The summed E-state index contributed by atoms with van der Waals surface area (Å²) >= 11 is 0. The van der Waals surface area contributed by atoms with Gasteiger partial charge in [0, 0.05) is 14.2 Å². The molecular formula is C10H20F4O4. The number of halogens is 4. The van der Waals surface area contributed by atoms with Gasteiger partial charge in [0.15, 0.2) is 0 Å². The Bertz CT molecular complexity index is 149. The van der Waals surface area contributed by atoms with Crippen molar-refractivity contribution in [3.63, 3.8) is 0 Å². The van der Waals surface area contributed by atoms with E-state index in [1.807, 2.05) is 0 Å². The van der Waals surface area contributed by atoms with Gasteiger partial charge in [0.2, 0.25) is 0 Å². The molecule has 0 bridgehead atoms. The Morgan fingerprint density at radius 2 is 1.28 bits per heavy atom. The Morgan fingerprint density at radius 3 is 1.67 bits per heavy atom. The van der Waals surface area contributed by atoms with E-state index in [2.05, 4.69) is 14.2 Å². The van der Waals surface area contributed by atoms with Crippen molar-refractivity contribution in [3.05, 3.63) is 0 Å². The maximum absolute atomic E-state index is 11.3. The second kappa shape index (κ2) is 14.6. The fourth-order valence-electron chi connectivity index (χ4n) is 0.629. The van der Waals surface area contributed by atoms with E-state index >= 15 is 0 Å². The molecular weight excluding hydrogens is 260 g/mol. The molecule has 0 N–H and O–H groups in total. The summed E-state index contributed by atoms with van der Waals surface area (Å²) in [5.41, 5.74) is 0. The second-order valence-corrected chi connectivity index (χ2v) is 2.95. The lowest BCUT2D eigenvalue weighted by molar-refractivity contribution is -0.176. The van der Waals surface area contributed by atoms with Gasteiger partial charge in [0.25, 0.3) is 0 Å². The average Bonchev–Trinajstić information content (AvgIpc) is 2.30. The van der Waals surface area contributed by atoms with E-state index in [4.69, 9.17) is 4.74 Å². The van der Waals surface area contributed by atoms with E-state index in [1.165, 1.54) is 7.11 Å². The molecule has 0 unspecified atom stereocenters. The van der Waals surface area contributed by atoms with Gasteiger partial charge < -0.3 is 18.9 Å². The molecule has 0 saturated heterocycles. The van der Waals surface area contributed by atoms with Gasteiger partial charge in [0.1, 0.15) is 13.3 Å². The van der Waals surface area contributed by atoms with Crippen LogP contribution in [-0.4, -0.2) is 66.7 Å². The fraction of sp³-hybridized carbons (Fsp3) is 1.00. The minimum atomic E-state index is -4.23. The molecule has 0 amide bonds. The molecule has 0 aliphatic rings. The van der Waals surface area contributed by atoms with Crippen molar-refractivity contribution in [3.8, 4) is 0 Å². The van der Waals surface area contributed by atoms with Crippen LogP contribution >= 0.6 is 0 Å². The topological polar surface area (TPSA) is 36.9 Å². The molecule has 4 nitrogen and oxygen atoms in total. The predicted octanol–water partition coefficient (Wildman–Crippen LogP) is 1.83. The average molecular weight is 280 g/mol. The van der Waals surface area contributed by atoms with Crippen LogP contribution in [0.5, 0.6) is 0 Å². The normalized spacial score (nSPS) is 11.0. The van der Waals surface area contributed by atoms with E-state index in [-0.39, 0.29) is 19.8 Å². The molecule has 0 heterocycles. The van der Waals surface area contributed by atoms with Crippen LogP contribution in [0.4, 0.5) is 17.6 Å². The molecule has 0 spiro atoms. The zero-order chi connectivity index (χ0) is 14.3. The van der Waals surface area contributed by atoms with Crippen molar-refractivity contribution >= 4 is 0 Å². The Labute approximate surface area is 104 Å². The Morgan fingerprint density at radius 1 is 0.778 bits per heavy atom. The maximum Gasteiger partial charge on any atom is 0.411 e. The Kier molecular flexibility index (Phi) is 16.2. The lowest BCUT2D eigenvalue weighted by Crippen LogP contribution is -2.18. The standard InChI is InChI=1S/C5H9F3O2.C5H11FO2/c1-9-2-3-10-4-5(6,7)8;1-7-4-5-8-3-2-6/h2-4H2,1H3;2-5H2,1H3. The van der Waals surface area contributed by atoms with E-state index in [1.54, 1.807) is 7.11 Å². The van der Waals surface area contributed by atoms with Crippen LogP contribution in [0.15, 0.2) is 0 Å². The number of alkyl halides is 4. The zero-order valence-corrected chi connectivity index (χ0v) is 10.6. The Balaban J connectivity index is 0. The molecule has 0 radical (unpaired) electrons. The minimum Gasteiger partial charge on any atom is -0.382 e. The maximum atomic E-state index is 11.3. The number of ether oxygens (including phenoxy) is 4. The van der Waals surface area contributed by atoms with Gasteiger partial charge in [-0.05, 0) is 0 Å². The van der Waals surface area contributed by atoms with Crippen LogP contribution in [-0.2, 0) is 18.9 Å². The molecule has 112 valence electrons. The van der Waals surface area contributed by atoms with Crippen molar-refractivity contribution in [1.29, 1.82) is 0 Å². The summed E-state index contributed by atoms with van der Waals surface area (Å²) in [5.74, 6) is 0. The molecule has 18 heavy (non-hydrogen) atoms. The largest absolute Gasteiger partial charge is 0.411 e. The van der Waals surface area contributed by atoms with Crippen molar-refractivity contribution in [2.24, 2.45) is 0 Å². The Hall–Kier alpha value is -0.440. The molecule has 8 heteroatoms. The van der Waals surface area contributed by atoms with E-state index in [0.717, 1.165) is 0 Å². The lowest BCUT2D eigenvalue weighted by atomic mass is 10.7. The summed E-state index contributed by atoms with van der Waals surface area (Å²) < 4.78 is 63.2. The molecule has 0 aromatic heterocycles. The van der Waals surface area contributed by atoms with Crippen LogP contribution < -0.4 is 0 Å². The number of rotatable bonds is 9. The zero-order valence-electron chi connectivity index (χ0n) is 10.6. The molecule has 0 fully saturated rings. The first-order chi connectivity index (χ1) is 8.47. The molecule has 0 aliphatic heterocycles. The van der Waals surface area contributed by atoms with Gasteiger partial charge in [-0.15, -0.1) is 0 Å². The summed E-state index contributed by atoms with van der Waals surface area (Å²) in [6, 6.07) is 0. The van der Waals surface area contributed by atoms with Crippen LogP contribution in [0.2, 0.25) is 0 Å². The second-order valence-electron chi connectivity index (χ2n) is 2.95. The van der Waals surface area contributed by atoms with Crippen LogP contribution in [0, 0.1) is 0 Å². The van der Waals surface area contributed by atoms with E-state index < -0.39 is 19.5 Å². The predicted molar refractivity (Wildman–Crippen MR) is 57.4 cm³/mol. The van der Waals surface area contributed by atoms with Gasteiger partial charge in [-0.25, -0.2) is 4.39 Å². The number of hydrogen-bond acceptors (Lipinski definition) is 4. The van der Waals surface area contributed by atoms with Gasteiger partial charge in [0.05, 0.1) is 33.0 Å². The molecule has 0 aliphatic carbocycles. The highest BCUT2D eigenvalue weighted by atomic mass is 19.4. The third-order valence-electron chi connectivity index (χ3n) is 1.35. The molecule has 0 saturated carbocycles. The van der Waals surface area contributed by atoms with Crippen LogP contribution in [0.1, 0.15) is 0 Å². The molecule has 0 rings (SSSR count). The quantitative estimate of drug-likeness (QED) is 0.477. The first-order valence-electron chi connectivity index (χ1n) is 5.24. The van der Waals surface area contributed by atoms with Gasteiger partial charge >= 0.3 is 6.18 Å². The first kappa shape index (κ1) is 19.9. The highest BCUT2D eigenvalue weighted by Gasteiger charge is 2.27. The smallest absolute Gasteiger partial charge is 0.382 e. The minimum absolute atomic E-state index is 0.0178. The number of methoxy groups -OCH3 is 2. The van der Waals surface area contributed by atoms with Gasteiger partial charge in [-0.1, -0.05) is 0 Å². The fourth-order valence-corrected chi connectivity index (χ4v) is 0.629.